The minimum atomic E-state index is -0.881. The maximum absolute atomic E-state index is 12.7. The highest BCUT2D eigenvalue weighted by Crippen LogP contribution is 2.39. The predicted molar refractivity (Wildman–Crippen MR) is 97.7 cm³/mol. The number of rotatable bonds is 3. The number of aromatic nitrogens is 2. The summed E-state index contributed by atoms with van der Waals surface area (Å²) in [4.78, 5) is 26.7. The average molecular weight is 452 g/mol. The molecule has 3 heterocycles. The second kappa shape index (κ2) is 6.67. The van der Waals surface area contributed by atoms with Crippen molar-refractivity contribution >= 4 is 68.0 Å². The Hall–Kier alpha value is -1.09. The van der Waals surface area contributed by atoms with Gasteiger partial charge in [0.1, 0.15) is 15.4 Å². The number of carbonyl (C=O) groups is 2. The maximum Gasteiger partial charge on any atom is 0.237 e. The van der Waals surface area contributed by atoms with Crippen LogP contribution in [-0.2, 0) is 16.6 Å². The molecule has 0 spiro atoms. The predicted octanol–water partition coefficient (Wildman–Crippen LogP) is 3.36. The van der Waals surface area contributed by atoms with Gasteiger partial charge in [0.15, 0.2) is 0 Å². The number of hydrogen-bond donors (Lipinski definition) is 1. The number of hydrogen-bond acceptors (Lipinski definition) is 4. The molecule has 1 N–H and O–H groups in total. The fraction of sp³-hybridized carbons (Fsp3) is 0.357. The number of anilines is 1. The number of amides is 2. The van der Waals surface area contributed by atoms with E-state index in [0.29, 0.717) is 31.9 Å². The van der Waals surface area contributed by atoms with Gasteiger partial charge in [0.25, 0.3) is 0 Å². The van der Waals surface area contributed by atoms with Gasteiger partial charge < -0.3 is 10.2 Å². The topological polar surface area (TPSA) is 67.2 Å². The van der Waals surface area contributed by atoms with E-state index in [2.05, 4.69) is 26.3 Å². The summed E-state index contributed by atoms with van der Waals surface area (Å²) in [6.07, 6.45) is 0. The molecule has 2 aromatic heterocycles. The van der Waals surface area contributed by atoms with Gasteiger partial charge in [0.05, 0.1) is 15.9 Å². The summed E-state index contributed by atoms with van der Waals surface area (Å²) >= 11 is 16.9. The van der Waals surface area contributed by atoms with Crippen LogP contribution in [0.4, 0.5) is 5.69 Å². The van der Waals surface area contributed by atoms with Crippen molar-refractivity contribution in [2.45, 2.75) is 5.92 Å². The number of halogens is 3. The second-order valence-electron chi connectivity index (χ2n) is 5.51. The lowest BCUT2D eigenvalue weighted by Crippen LogP contribution is -2.32. The van der Waals surface area contributed by atoms with Gasteiger partial charge in [-0.05, 0) is 27.4 Å². The molecule has 0 unspecified atom stereocenters. The number of nitrogens with one attached hydrogen (secondary N) is 1. The minimum Gasteiger partial charge on any atom is -0.344 e. The van der Waals surface area contributed by atoms with Gasteiger partial charge in [0, 0.05) is 26.6 Å². The fourth-order valence-electron chi connectivity index (χ4n) is 2.77. The van der Waals surface area contributed by atoms with Gasteiger partial charge in [0.2, 0.25) is 11.8 Å². The molecule has 0 saturated carbocycles. The van der Waals surface area contributed by atoms with Crippen LogP contribution in [0.5, 0.6) is 0 Å². The van der Waals surface area contributed by atoms with Crippen LogP contribution in [0.15, 0.2) is 15.9 Å². The molecule has 0 radical (unpaired) electrons. The van der Waals surface area contributed by atoms with Gasteiger partial charge in [-0.2, -0.15) is 5.10 Å². The van der Waals surface area contributed by atoms with Gasteiger partial charge in [-0.25, -0.2) is 0 Å². The van der Waals surface area contributed by atoms with Crippen LogP contribution in [0.3, 0.4) is 0 Å². The first-order valence-corrected chi connectivity index (χ1v) is 9.40. The molecule has 2 atom stereocenters. The van der Waals surface area contributed by atoms with E-state index in [4.69, 9.17) is 23.2 Å². The normalized spacial score (nSPS) is 20.7. The molecule has 6 nitrogen and oxygen atoms in total. The lowest BCUT2D eigenvalue weighted by Gasteiger charge is -2.15. The molecule has 2 aromatic rings. The van der Waals surface area contributed by atoms with E-state index < -0.39 is 17.7 Å². The summed E-state index contributed by atoms with van der Waals surface area (Å²) in [7, 11) is 3.37. The molecule has 0 aromatic carbocycles. The second-order valence-corrected chi connectivity index (χ2v) is 8.18. The summed E-state index contributed by atoms with van der Waals surface area (Å²) in [5.41, 5.74) is 1.10. The van der Waals surface area contributed by atoms with E-state index in [0.717, 1.165) is 0 Å². The van der Waals surface area contributed by atoms with E-state index in [9.17, 15) is 9.59 Å². The highest BCUT2D eigenvalue weighted by molar-refractivity contribution is 9.10. The Bertz CT molecular complexity index is 822. The van der Waals surface area contributed by atoms with Crippen molar-refractivity contribution in [3.05, 3.63) is 31.1 Å². The zero-order valence-electron chi connectivity index (χ0n) is 12.7. The van der Waals surface area contributed by atoms with E-state index in [1.165, 1.54) is 20.9 Å². The van der Waals surface area contributed by atoms with E-state index >= 15 is 0 Å². The van der Waals surface area contributed by atoms with Crippen molar-refractivity contribution in [2.75, 3.05) is 18.9 Å². The molecule has 128 valence electrons. The molecular formula is C14H13BrCl2N4O2S. The van der Waals surface area contributed by atoms with Crippen LogP contribution < -0.4 is 5.32 Å². The van der Waals surface area contributed by atoms with Crippen LogP contribution in [0.2, 0.25) is 9.49 Å². The van der Waals surface area contributed by atoms with E-state index in [-0.39, 0.29) is 5.91 Å². The number of thiophene rings is 1. The molecule has 1 aliphatic rings. The lowest BCUT2D eigenvalue weighted by molar-refractivity contribution is -0.135. The molecule has 24 heavy (non-hydrogen) atoms. The Kier molecular flexibility index (Phi) is 4.92. The zero-order chi connectivity index (χ0) is 17.6. The van der Waals surface area contributed by atoms with Crippen molar-refractivity contribution in [2.24, 2.45) is 13.0 Å². The molecule has 0 bridgehead atoms. The Morgan fingerprint density at radius 2 is 2.17 bits per heavy atom. The zero-order valence-corrected chi connectivity index (χ0v) is 16.6. The van der Waals surface area contributed by atoms with Crippen LogP contribution >= 0.6 is 50.5 Å². The van der Waals surface area contributed by atoms with Gasteiger partial charge >= 0.3 is 0 Å². The van der Waals surface area contributed by atoms with Crippen molar-refractivity contribution in [3.63, 3.8) is 0 Å². The van der Waals surface area contributed by atoms with Gasteiger partial charge in [-0.3, -0.25) is 14.3 Å². The number of likely N-dealkylation sites (tertiary alicyclic amines) is 1. The molecule has 0 aliphatic carbocycles. The third-order valence-electron chi connectivity index (χ3n) is 3.97. The van der Waals surface area contributed by atoms with Crippen molar-refractivity contribution in [1.82, 2.24) is 14.7 Å². The van der Waals surface area contributed by atoms with Crippen LogP contribution in [-0.4, -0.2) is 40.1 Å². The van der Waals surface area contributed by atoms with E-state index in [1.807, 2.05) is 0 Å². The summed E-state index contributed by atoms with van der Waals surface area (Å²) in [6, 6.07) is 1.70. The van der Waals surface area contributed by atoms with Crippen molar-refractivity contribution in [1.29, 1.82) is 0 Å². The number of likely N-dealkylation sites (N-methyl/N-ethyl adjacent to an activating group) is 1. The van der Waals surface area contributed by atoms with Gasteiger partial charge in [-0.1, -0.05) is 23.2 Å². The molecule has 2 amide bonds. The van der Waals surface area contributed by atoms with Crippen LogP contribution in [0, 0.1) is 5.92 Å². The number of aryl methyl sites for hydroxylation is 1. The first-order chi connectivity index (χ1) is 11.3. The maximum atomic E-state index is 12.7. The molecule has 1 aliphatic heterocycles. The molecule has 3 rings (SSSR count). The molecule has 1 fully saturated rings. The average Bonchev–Trinajstić information content (AvgIpc) is 3.14. The summed E-state index contributed by atoms with van der Waals surface area (Å²) in [6.45, 7) is 0.389. The SMILES string of the molecule is CN1C[C@H](c2nn(C)c(Cl)c2Br)[C@@H](C(=O)Nc2ccsc2Cl)C1=O. The first kappa shape index (κ1) is 17.7. The van der Waals surface area contributed by atoms with E-state index in [1.54, 1.807) is 25.5 Å². The smallest absolute Gasteiger partial charge is 0.237 e. The summed E-state index contributed by atoms with van der Waals surface area (Å²) < 4.78 is 2.58. The lowest BCUT2D eigenvalue weighted by atomic mass is 9.91. The molecular weight excluding hydrogens is 439 g/mol. The Balaban J connectivity index is 1.93. The molecule has 10 heteroatoms. The number of carbonyl (C=O) groups excluding carboxylic acids is 2. The van der Waals surface area contributed by atoms with Crippen LogP contribution in [0.25, 0.3) is 0 Å². The highest BCUT2D eigenvalue weighted by Gasteiger charge is 2.46. The van der Waals surface area contributed by atoms with Crippen molar-refractivity contribution < 1.29 is 9.59 Å². The Morgan fingerprint density at radius 3 is 2.71 bits per heavy atom. The third-order valence-corrected chi connectivity index (χ3v) is 6.59. The first-order valence-electron chi connectivity index (χ1n) is 6.98. The van der Waals surface area contributed by atoms with Gasteiger partial charge in [-0.15, -0.1) is 11.3 Å². The Labute approximate surface area is 160 Å². The Morgan fingerprint density at radius 1 is 1.46 bits per heavy atom. The number of nitrogens with zero attached hydrogens (tertiary/aromatic N) is 3. The van der Waals surface area contributed by atoms with Crippen LogP contribution in [0.1, 0.15) is 11.6 Å². The third kappa shape index (κ3) is 2.96. The summed E-state index contributed by atoms with van der Waals surface area (Å²) in [5, 5.41) is 9.29. The minimum absolute atomic E-state index is 0.252. The highest BCUT2D eigenvalue weighted by atomic mass is 79.9. The standard InChI is InChI=1S/C14H13BrCl2N4O2S/c1-20-5-6(10-9(15)11(16)21(2)19-10)8(14(20)23)13(22)18-7-3-4-24-12(7)17/h3-4,6,8H,5H2,1-2H3,(H,18,22)/t6-,8-/m0/s1. The quantitative estimate of drug-likeness (QED) is 0.727. The molecule has 1 saturated heterocycles. The largest absolute Gasteiger partial charge is 0.344 e. The van der Waals surface area contributed by atoms with Crippen molar-refractivity contribution in [3.8, 4) is 0 Å². The monoisotopic (exact) mass is 450 g/mol. The summed E-state index contributed by atoms with van der Waals surface area (Å²) in [5.74, 6) is -1.93. The fourth-order valence-corrected chi connectivity index (χ4v) is 4.36.